The molecule has 3 saturated heterocycles. The first-order chi connectivity index (χ1) is 11.6. The summed E-state index contributed by atoms with van der Waals surface area (Å²) < 4.78 is 5.94. The SMILES string of the molecule is CC(=O)Nc1ccc(C2=CN([C@H]3CN4CCC3CC4C)CO2)cc1. The fourth-order valence-corrected chi connectivity index (χ4v) is 4.28. The Kier molecular flexibility index (Phi) is 3.96. The average Bonchev–Trinajstić information content (AvgIpc) is 3.05. The van der Waals surface area contributed by atoms with Crippen molar-refractivity contribution in [2.24, 2.45) is 5.92 Å². The van der Waals surface area contributed by atoms with E-state index in [1.54, 1.807) is 0 Å². The summed E-state index contributed by atoms with van der Waals surface area (Å²) in [6.45, 7) is 6.91. The van der Waals surface area contributed by atoms with E-state index in [4.69, 9.17) is 4.74 Å². The Morgan fingerprint density at radius 1 is 1.29 bits per heavy atom. The normalized spacial score (nSPS) is 31.6. The van der Waals surface area contributed by atoms with Gasteiger partial charge in [-0.15, -0.1) is 0 Å². The molecular formula is C19H25N3O2. The molecule has 2 bridgehead atoms. The number of fused-ring (bicyclic) bond motifs is 3. The van der Waals surface area contributed by atoms with Gasteiger partial charge in [0.15, 0.2) is 6.73 Å². The molecule has 1 aromatic rings. The Bertz CT molecular complexity index is 655. The molecule has 4 heterocycles. The minimum atomic E-state index is -0.0539. The van der Waals surface area contributed by atoms with Crippen molar-refractivity contribution >= 4 is 17.4 Å². The van der Waals surface area contributed by atoms with Gasteiger partial charge < -0.3 is 15.0 Å². The van der Waals surface area contributed by atoms with Crippen LogP contribution < -0.4 is 5.32 Å². The van der Waals surface area contributed by atoms with Crippen molar-refractivity contribution in [2.75, 3.05) is 25.1 Å². The quantitative estimate of drug-likeness (QED) is 0.927. The van der Waals surface area contributed by atoms with Crippen LogP contribution in [0.4, 0.5) is 5.69 Å². The third-order valence-electron chi connectivity index (χ3n) is 5.59. The first-order valence-corrected chi connectivity index (χ1v) is 8.82. The first-order valence-electron chi connectivity index (χ1n) is 8.82. The van der Waals surface area contributed by atoms with Gasteiger partial charge in [0.05, 0.1) is 0 Å². The van der Waals surface area contributed by atoms with E-state index >= 15 is 0 Å². The van der Waals surface area contributed by atoms with Gasteiger partial charge in [-0.3, -0.25) is 9.69 Å². The molecule has 0 spiro atoms. The third kappa shape index (κ3) is 2.88. The van der Waals surface area contributed by atoms with Gasteiger partial charge in [0.2, 0.25) is 5.91 Å². The number of rotatable bonds is 3. The molecule has 3 unspecified atom stereocenters. The van der Waals surface area contributed by atoms with Crippen LogP contribution in [-0.4, -0.2) is 47.6 Å². The lowest BCUT2D eigenvalue weighted by Gasteiger charge is -2.51. The van der Waals surface area contributed by atoms with E-state index in [9.17, 15) is 4.79 Å². The van der Waals surface area contributed by atoms with E-state index < -0.39 is 0 Å². The van der Waals surface area contributed by atoms with E-state index in [-0.39, 0.29) is 5.91 Å². The summed E-state index contributed by atoms with van der Waals surface area (Å²) in [7, 11) is 0. The number of nitrogens with one attached hydrogen (secondary N) is 1. The number of carbonyl (C=O) groups is 1. The summed E-state index contributed by atoms with van der Waals surface area (Å²) in [6, 6.07) is 9.14. The summed E-state index contributed by atoms with van der Waals surface area (Å²) in [4.78, 5) is 16.1. The fourth-order valence-electron chi connectivity index (χ4n) is 4.28. The smallest absolute Gasteiger partial charge is 0.221 e. The molecule has 4 atom stereocenters. The summed E-state index contributed by atoms with van der Waals surface area (Å²) in [5, 5.41) is 2.79. The number of carbonyl (C=O) groups excluding carboxylic acids is 1. The Labute approximate surface area is 143 Å². The van der Waals surface area contributed by atoms with Crippen molar-refractivity contribution in [3.05, 3.63) is 36.0 Å². The van der Waals surface area contributed by atoms with Gasteiger partial charge in [-0.05, 0) is 56.5 Å². The van der Waals surface area contributed by atoms with Gasteiger partial charge in [-0.25, -0.2) is 0 Å². The second-order valence-electron chi connectivity index (χ2n) is 7.24. The highest BCUT2D eigenvalue weighted by atomic mass is 16.5. The van der Waals surface area contributed by atoms with Gasteiger partial charge in [0.1, 0.15) is 5.76 Å². The van der Waals surface area contributed by atoms with E-state index in [2.05, 4.69) is 28.2 Å². The monoisotopic (exact) mass is 327 g/mol. The molecule has 1 aromatic carbocycles. The number of benzene rings is 1. The maximum Gasteiger partial charge on any atom is 0.221 e. The summed E-state index contributed by atoms with van der Waals surface area (Å²) in [6.07, 6.45) is 4.78. The summed E-state index contributed by atoms with van der Waals surface area (Å²) >= 11 is 0. The maximum absolute atomic E-state index is 11.1. The van der Waals surface area contributed by atoms with E-state index in [1.807, 2.05) is 24.3 Å². The lowest BCUT2D eigenvalue weighted by molar-refractivity contribution is -0.114. The molecule has 4 aliphatic rings. The molecule has 5 nitrogen and oxygen atoms in total. The standard InChI is InChI=1S/C19H25N3O2/c1-13-9-16-7-8-21(13)10-18(16)22-11-19(24-12-22)15-3-5-17(6-4-15)20-14(2)23/h3-6,11,13,16,18H,7-10,12H2,1-2H3,(H,20,23)/t13?,16?,18-/m0/s1. The highest BCUT2D eigenvalue weighted by Crippen LogP contribution is 2.37. The molecular weight excluding hydrogens is 302 g/mol. The number of hydrogen-bond donors (Lipinski definition) is 1. The Morgan fingerprint density at radius 3 is 2.71 bits per heavy atom. The molecule has 0 saturated carbocycles. The Hall–Kier alpha value is -2.01. The molecule has 5 heteroatoms. The van der Waals surface area contributed by atoms with Crippen molar-refractivity contribution < 1.29 is 9.53 Å². The van der Waals surface area contributed by atoms with Crippen LogP contribution in [0.5, 0.6) is 0 Å². The van der Waals surface area contributed by atoms with Crippen molar-refractivity contribution in [1.29, 1.82) is 0 Å². The third-order valence-corrected chi connectivity index (χ3v) is 5.59. The van der Waals surface area contributed by atoms with Crippen molar-refractivity contribution in [2.45, 2.75) is 38.8 Å². The van der Waals surface area contributed by atoms with Crippen molar-refractivity contribution in [3.8, 4) is 0 Å². The second kappa shape index (κ2) is 6.13. The predicted octanol–water partition coefficient (Wildman–Crippen LogP) is 2.72. The van der Waals surface area contributed by atoms with Gasteiger partial charge in [0.25, 0.3) is 0 Å². The van der Waals surface area contributed by atoms with Gasteiger partial charge in [-0.2, -0.15) is 0 Å². The van der Waals surface area contributed by atoms with Gasteiger partial charge in [-0.1, -0.05) is 0 Å². The van der Waals surface area contributed by atoms with Gasteiger partial charge in [0, 0.05) is 43.0 Å². The first kappa shape index (κ1) is 15.5. The fraction of sp³-hybridized carbons (Fsp3) is 0.526. The van der Waals surface area contributed by atoms with E-state index in [0.29, 0.717) is 12.8 Å². The minimum Gasteiger partial charge on any atom is -0.471 e. The number of anilines is 1. The van der Waals surface area contributed by atoms with Crippen LogP contribution >= 0.6 is 0 Å². The Balaban J connectivity index is 1.46. The van der Waals surface area contributed by atoms with Crippen LogP contribution in [0.3, 0.4) is 0 Å². The Morgan fingerprint density at radius 2 is 2.08 bits per heavy atom. The highest BCUT2D eigenvalue weighted by Gasteiger charge is 2.41. The lowest BCUT2D eigenvalue weighted by Crippen LogP contribution is -2.59. The number of hydrogen-bond acceptors (Lipinski definition) is 4. The maximum atomic E-state index is 11.1. The zero-order valence-corrected chi connectivity index (χ0v) is 14.4. The second-order valence-corrected chi connectivity index (χ2v) is 7.24. The summed E-state index contributed by atoms with van der Waals surface area (Å²) in [5.41, 5.74) is 1.87. The summed E-state index contributed by atoms with van der Waals surface area (Å²) in [5.74, 6) is 1.65. The van der Waals surface area contributed by atoms with Crippen molar-refractivity contribution in [1.82, 2.24) is 9.80 Å². The zero-order chi connectivity index (χ0) is 16.7. The van der Waals surface area contributed by atoms with Crippen LogP contribution in [0.15, 0.2) is 30.5 Å². The molecule has 0 aromatic heterocycles. The molecule has 0 radical (unpaired) electrons. The molecule has 3 fully saturated rings. The zero-order valence-electron chi connectivity index (χ0n) is 14.4. The highest BCUT2D eigenvalue weighted by molar-refractivity contribution is 5.88. The van der Waals surface area contributed by atoms with Crippen LogP contribution in [0.1, 0.15) is 32.3 Å². The predicted molar refractivity (Wildman–Crippen MR) is 94.1 cm³/mol. The molecule has 1 amide bonds. The number of amides is 1. The molecule has 24 heavy (non-hydrogen) atoms. The lowest BCUT2D eigenvalue weighted by atomic mass is 9.79. The molecule has 5 rings (SSSR count). The van der Waals surface area contributed by atoms with Gasteiger partial charge >= 0.3 is 0 Å². The molecule has 1 N–H and O–H groups in total. The molecule has 0 aliphatic carbocycles. The van der Waals surface area contributed by atoms with E-state index in [1.165, 1.54) is 26.3 Å². The number of nitrogens with zero attached hydrogens (tertiary/aromatic N) is 2. The van der Waals surface area contributed by atoms with Crippen LogP contribution in [-0.2, 0) is 9.53 Å². The van der Waals surface area contributed by atoms with Crippen LogP contribution in [0, 0.1) is 5.92 Å². The molecule has 128 valence electrons. The average molecular weight is 327 g/mol. The van der Waals surface area contributed by atoms with Crippen LogP contribution in [0.2, 0.25) is 0 Å². The number of piperidine rings is 3. The number of ether oxygens (including phenoxy) is 1. The molecule has 4 aliphatic heterocycles. The minimum absolute atomic E-state index is 0.0539. The topological polar surface area (TPSA) is 44.8 Å². The largest absolute Gasteiger partial charge is 0.471 e. The van der Waals surface area contributed by atoms with Crippen LogP contribution in [0.25, 0.3) is 5.76 Å². The van der Waals surface area contributed by atoms with Crippen molar-refractivity contribution in [3.63, 3.8) is 0 Å². The van der Waals surface area contributed by atoms with E-state index in [0.717, 1.165) is 35.5 Å².